The fourth-order valence-corrected chi connectivity index (χ4v) is 2.14. The van der Waals surface area contributed by atoms with Crippen LogP contribution in [0.1, 0.15) is 19.8 Å². The van der Waals surface area contributed by atoms with Crippen molar-refractivity contribution >= 4 is 22.7 Å². The standard InChI is InChI=1S/C16H17NO4/c1-2-21-16(20)8-7-12(18)11-17-10-9-15(19)13-5-3-4-6-14(13)17/h3-6,9-10H,2,7-8,11H2,1H3. The Bertz CT molecular complexity index is 718. The molecular weight excluding hydrogens is 270 g/mol. The summed E-state index contributed by atoms with van der Waals surface area (Å²) in [6, 6.07) is 8.59. The highest BCUT2D eigenvalue weighted by molar-refractivity contribution is 5.85. The predicted molar refractivity (Wildman–Crippen MR) is 79.1 cm³/mol. The SMILES string of the molecule is CCOC(=O)CCC(=O)Cn1ccc(=O)c2ccccc21. The monoisotopic (exact) mass is 287 g/mol. The average molecular weight is 287 g/mol. The van der Waals surface area contributed by atoms with Crippen molar-refractivity contribution in [1.82, 2.24) is 4.57 Å². The van der Waals surface area contributed by atoms with Gasteiger partial charge in [0.05, 0.1) is 25.1 Å². The number of esters is 1. The molecule has 0 atom stereocenters. The Morgan fingerprint density at radius 1 is 1.14 bits per heavy atom. The molecule has 0 amide bonds. The van der Waals surface area contributed by atoms with Crippen LogP contribution in [0, 0.1) is 0 Å². The lowest BCUT2D eigenvalue weighted by Crippen LogP contribution is -2.15. The number of carbonyl (C=O) groups is 2. The first-order chi connectivity index (χ1) is 10.1. The van der Waals surface area contributed by atoms with E-state index >= 15 is 0 Å². The van der Waals surface area contributed by atoms with E-state index in [1.54, 1.807) is 35.9 Å². The van der Waals surface area contributed by atoms with Gasteiger partial charge in [0.1, 0.15) is 0 Å². The summed E-state index contributed by atoms with van der Waals surface area (Å²) in [4.78, 5) is 34.9. The molecule has 0 radical (unpaired) electrons. The van der Waals surface area contributed by atoms with Gasteiger partial charge in [-0.25, -0.2) is 0 Å². The molecule has 5 nitrogen and oxygen atoms in total. The topological polar surface area (TPSA) is 65.4 Å². The maximum Gasteiger partial charge on any atom is 0.306 e. The lowest BCUT2D eigenvalue weighted by atomic mass is 10.2. The van der Waals surface area contributed by atoms with Crippen molar-refractivity contribution < 1.29 is 14.3 Å². The Kier molecular flexibility index (Phi) is 4.87. The second-order valence-corrected chi connectivity index (χ2v) is 4.67. The van der Waals surface area contributed by atoms with E-state index in [0.717, 1.165) is 5.52 Å². The molecule has 0 spiro atoms. The highest BCUT2D eigenvalue weighted by Gasteiger charge is 2.10. The van der Waals surface area contributed by atoms with Gasteiger partial charge in [0.2, 0.25) is 0 Å². The Labute approximate surface area is 122 Å². The van der Waals surface area contributed by atoms with Crippen molar-refractivity contribution in [2.45, 2.75) is 26.3 Å². The molecule has 0 saturated heterocycles. The number of hydrogen-bond donors (Lipinski definition) is 0. The molecule has 1 heterocycles. The van der Waals surface area contributed by atoms with Crippen molar-refractivity contribution in [2.24, 2.45) is 0 Å². The van der Waals surface area contributed by atoms with E-state index in [0.29, 0.717) is 12.0 Å². The molecule has 0 fully saturated rings. The molecule has 2 aromatic rings. The third kappa shape index (κ3) is 3.78. The first kappa shape index (κ1) is 15.0. The molecule has 0 unspecified atom stereocenters. The fraction of sp³-hybridized carbons (Fsp3) is 0.312. The van der Waals surface area contributed by atoms with E-state index in [-0.39, 0.29) is 36.6 Å². The molecule has 0 aliphatic heterocycles. The van der Waals surface area contributed by atoms with E-state index in [1.165, 1.54) is 6.07 Å². The summed E-state index contributed by atoms with van der Waals surface area (Å²) < 4.78 is 6.52. The van der Waals surface area contributed by atoms with Crippen molar-refractivity contribution in [3.8, 4) is 0 Å². The van der Waals surface area contributed by atoms with Crippen LogP contribution in [0.2, 0.25) is 0 Å². The molecule has 0 N–H and O–H groups in total. The van der Waals surface area contributed by atoms with E-state index < -0.39 is 0 Å². The van der Waals surface area contributed by atoms with Crippen LogP contribution in [0.4, 0.5) is 0 Å². The van der Waals surface area contributed by atoms with Crippen LogP contribution in [0.15, 0.2) is 41.3 Å². The molecule has 2 rings (SSSR count). The number of para-hydroxylation sites is 1. The molecule has 5 heteroatoms. The average Bonchev–Trinajstić information content (AvgIpc) is 2.49. The smallest absolute Gasteiger partial charge is 0.306 e. The summed E-state index contributed by atoms with van der Waals surface area (Å²) in [5.41, 5.74) is 0.648. The number of hydrogen-bond acceptors (Lipinski definition) is 4. The summed E-state index contributed by atoms with van der Waals surface area (Å²) in [7, 11) is 0. The molecular formula is C16H17NO4. The number of carbonyl (C=O) groups excluding carboxylic acids is 2. The van der Waals surface area contributed by atoms with Crippen LogP contribution in [0.5, 0.6) is 0 Å². The molecule has 0 aliphatic carbocycles. The van der Waals surface area contributed by atoms with E-state index in [4.69, 9.17) is 4.74 Å². The lowest BCUT2D eigenvalue weighted by Gasteiger charge is -2.09. The van der Waals surface area contributed by atoms with Gasteiger partial charge in [0.15, 0.2) is 11.2 Å². The van der Waals surface area contributed by atoms with Gasteiger partial charge < -0.3 is 9.30 Å². The van der Waals surface area contributed by atoms with Crippen molar-refractivity contribution in [3.63, 3.8) is 0 Å². The number of nitrogens with zero attached hydrogens (tertiary/aromatic N) is 1. The van der Waals surface area contributed by atoms with Gasteiger partial charge in [-0.3, -0.25) is 14.4 Å². The van der Waals surface area contributed by atoms with Crippen molar-refractivity contribution in [1.29, 1.82) is 0 Å². The molecule has 0 bridgehead atoms. The Morgan fingerprint density at radius 3 is 2.67 bits per heavy atom. The van der Waals surface area contributed by atoms with Crippen LogP contribution in [0.25, 0.3) is 10.9 Å². The van der Waals surface area contributed by atoms with Gasteiger partial charge in [-0.1, -0.05) is 12.1 Å². The first-order valence-corrected chi connectivity index (χ1v) is 6.87. The number of ether oxygens (including phenoxy) is 1. The largest absolute Gasteiger partial charge is 0.466 e. The van der Waals surface area contributed by atoms with Gasteiger partial charge in [-0.05, 0) is 19.1 Å². The second kappa shape index (κ2) is 6.83. The number of fused-ring (bicyclic) bond motifs is 1. The summed E-state index contributed by atoms with van der Waals surface area (Å²) >= 11 is 0. The Balaban J connectivity index is 2.10. The normalized spacial score (nSPS) is 10.5. The highest BCUT2D eigenvalue weighted by atomic mass is 16.5. The summed E-state index contributed by atoms with van der Waals surface area (Å²) in [6.07, 6.45) is 1.83. The fourth-order valence-electron chi connectivity index (χ4n) is 2.14. The van der Waals surface area contributed by atoms with Crippen LogP contribution in [0.3, 0.4) is 0 Å². The van der Waals surface area contributed by atoms with Gasteiger partial charge in [0.25, 0.3) is 0 Å². The molecule has 1 aromatic heterocycles. The van der Waals surface area contributed by atoms with Crippen LogP contribution in [-0.2, 0) is 20.9 Å². The predicted octanol–water partition coefficient (Wildman–Crippen LogP) is 1.91. The molecule has 0 saturated carbocycles. The van der Waals surface area contributed by atoms with Crippen molar-refractivity contribution in [3.05, 3.63) is 46.8 Å². The number of aromatic nitrogens is 1. The third-order valence-electron chi connectivity index (χ3n) is 3.14. The van der Waals surface area contributed by atoms with Gasteiger partial charge in [-0.2, -0.15) is 0 Å². The van der Waals surface area contributed by atoms with Crippen LogP contribution >= 0.6 is 0 Å². The van der Waals surface area contributed by atoms with Crippen LogP contribution < -0.4 is 5.43 Å². The summed E-state index contributed by atoms with van der Waals surface area (Å²) in [6.45, 7) is 2.18. The van der Waals surface area contributed by atoms with Gasteiger partial charge in [-0.15, -0.1) is 0 Å². The minimum atomic E-state index is -0.365. The Hall–Kier alpha value is -2.43. The lowest BCUT2D eigenvalue weighted by molar-refractivity contribution is -0.144. The molecule has 110 valence electrons. The zero-order valence-corrected chi connectivity index (χ0v) is 11.9. The maximum absolute atomic E-state index is 11.9. The number of ketones is 1. The molecule has 21 heavy (non-hydrogen) atoms. The minimum Gasteiger partial charge on any atom is -0.466 e. The number of rotatable bonds is 6. The van der Waals surface area contributed by atoms with E-state index in [9.17, 15) is 14.4 Å². The maximum atomic E-state index is 11.9. The zero-order chi connectivity index (χ0) is 15.2. The van der Waals surface area contributed by atoms with E-state index in [2.05, 4.69) is 0 Å². The second-order valence-electron chi connectivity index (χ2n) is 4.67. The van der Waals surface area contributed by atoms with Gasteiger partial charge >= 0.3 is 5.97 Å². The van der Waals surface area contributed by atoms with Crippen molar-refractivity contribution in [2.75, 3.05) is 6.61 Å². The first-order valence-electron chi connectivity index (χ1n) is 6.87. The summed E-state index contributed by atoms with van der Waals surface area (Å²) in [5, 5.41) is 0.582. The molecule has 0 aliphatic rings. The quantitative estimate of drug-likeness (QED) is 0.761. The zero-order valence-electron chi connectivity index (χ0n) is 11.9. The van der Waals surface area contributed by atoms with Gasteiger partial charge in [0, 0.05) is 24.1 Å². The van der Waals surface area contributed by atoms with E-state index in [1.807, 2.05) is 6.07 Å². The summed E-state index contributed by atoms with van der Waals surface area (Å²) in [5.74, 6) is -0.438. The minimum absolute atomic E-state index is 0.0687. The Morgan fingerprint density at radius 2 is 1.90 bits per heavy atom. The number of benzene rings is 1. The van der Waals surface area contributed by atoms with Crippen LogP contribution in [-0.4, -0.2) is 22.9 Å². The highest BCUT2D eigenvalue weighted by Crippen LogP contribution is 2.10. The third-order valence-corrected chi connectivity index (χ3v) is 3.14. The number of Topliss-reactive ketones (excluding diaryl/α,β-unsaturated/α-hetero) is 1. The molecule has 1 aromatic carbocycles. The number of pyridine rings is 1.